The fourth-order valence-electron chi connectivity index (χ4n) is 1.80. The van der Waals surface area contributed by atoms with E-state index in [1.165, 1.54) is 12.4 Å². The van der Waals surface area contributed by atoms with Crippen LogP contribution >= 0.6 is 11.6 Å². The number of nitrogens with one attached hydrogen (secondary N) is 1. The molecule has 0 radical (unpaired) electrons. The van der Waals surface area contributed by atoms with Crippen molar-refractivity contribution in [3.8, 4) is 0 Å². The van der Waals surface area contributed by atoms with Crippen molar-refractivity contribution in [1.82, 2.24) is 20.4 Å². The van der Waals surface area contributed by atoms with Crippen LogP contribution in [0.1, 0.15) is 40.8 Å². The van der Waals surface area contributed by atoms with Crippen molar-refractivity contribution in [2.24, 2.45) is 0 Å². The summed E-state index contributed by atoms with van der Waals surface area (Å²) < 4.78 is 5.13. The molecule has 7 heteroatoms. The van der Waals surface area contributed by atoms with Crippen LogP contribution in [-0.2, 0) is 6.42 Å². The molecule has 0 aromatic carbocycles. The van der Waals surface area contributed by atoms with Crippen LogP contribution in [0.4, 0.5) is 0 Å². The lowest BCUT2D eigenvalue weighted by Gasteiger charge is -2.03. The first-order valence-electron chi connectivity index (χ1n) is 6.43. The Bertz CT molecular complexity index is 624. The summed E-state index contributed by atoms with van der Waals surface area (Å²) in [4.78, 5) is 20.0. The predicted octanol–water partition coefficient (Wildman–Crippen LogP) is 1.97. The fraction of sp³-hybridized carbons (Fsp3) is 0.385. The van der Waals surface area contributed by atoms with Gasteiger partial charge >= 0.3 is 0 Å². The van der Waals surface area contributed by atoms with Crippen molar-refractivity contribution < 1.29 is 9.32 Å². The number of carbonyl (C=O) groups is 1. The Labute approximate surface area is 120 Å². The third-order valence-corrected chi connectivity index (χ3v) is 3.22. The summed E-state index contributed by atoms with van der Waals surface area (Å²) in [5.41, 5.74) is 0.432. The van der Waals surface area contributed by atoms with Crippen LogP contribution < -0.4 is 5.32 Å². The van der Waals surface area contributed by atoms with Crippen molar-refractivity contribution in [2.45, 2.75) is 25.2 Å². The van der Waals surface area contributed by atoms with E-state index in [4.69, 9.17) is 16.1 Å². The van der Waals surface area contributed by atoms with Crippen LogP contribution in [0.15, 0.2) is 23.0 Å². The highest BCUT2D eigenvalue weighted by molar-refractivity contribution is 6.30. The lowest BCUT2D eigenvalue weighted by Crippen LogP contribution is -2.25. The quantitative estimate of drug-likeness (QED) is 0.911. The monoisotopic (exact) mass is 292 g/mol. The molecule has 0 aliphatic heterocycles. The maximum atomic E-state index is 11.8. The van der Waals surface area contributed by atoms with Gasteiger partial charge in [0.05, 0.1) is 10.6 Å². The number of rotatable bonds is 5. The van der Waals surface area contributed by atoms with Gasteiger partial charge in [-0.3, -0.25) is 9.78 Å². The highest BCUT2D eigenvalue weighted by Gasteiger charge is 2.28. The molecule has 2 aromatic rings. The molecule has 1 fully saturated rings. The third-order valence-electron chi connectivity index (χ3n) is 3.02. The molecule has 1 saturated carbocycles. The van der Waals surface area contributed by atoms with Gasteiger partial charge in [0.15, 0.2) is 5.82 Å². The van der Waals surface area contributed by atoms with Gasteiger partial charge in [-0.15, -0.1) is 0 Å². The second-order valence-corrected chi connectivity index (χ2v) is 5.15. The summed E-state index contributed by atoms with van der Waals surface area (Å²) in [5.74, 6) is 1.59. The molecule has 0 saturated heterocycles. The number of nitrogens with zero attached hydrogens (tertiary/aromatic N) is 3. The number of halogens is 1. The number of hydrogen-bond donors (Lipinski definition) is 1. The van der Waals surface area contributed by atoms with Crippen LogP contribution in [0, 0.1) is 0 Å². The van der Waals surface area contributed by atoms with Gasteiger partial charge in [0.2, 0.25) is 5.89 Å². The first-order valence-corrected chi connectivity index (χ1v) is 6.81. The average molecular weight is 293 g/mol. The van der Waals surface area contributed by atoms with Crippen LogP contribution in [0.25, 0.3) is 0 Å². The Kier molecular flexibility index (Phi) is 3.64. The molecule has 1 aliphatic carbocycles. The predicted molar refractivity (Wildman–Crippen MR) is 71.6 cm³/mol. The highest BCUT2D eigenvalue weighted by atomic mass is 35.5. The average Bonchev–Trinajstić information content (AvgIpc) is 3.19. The van der Waals surface area contributed by atoms with Gasteiger partial charge in [0.1, 0.15) is 0 Å². The van der Waals surface area contributed by atoms with E-state index in [0.717, 1.165) is 18.7 Å². The molecule has 20 heavy (non-hydrogen) atoms. The summed E-state index contributed by atoms with van der Waals surface area (Å²) in [5, 5.41) is 7.12. The minimum atomic E-state index is -0.220. The normalized spacial score (nSPS) is 14.2. The second kappa shape index (κ2) is 5.58. The number of aromatic nitrogens is 3. The number of amides is 1. The Balaban J connectivity index is 1.50. The van der Waals surface area contributed by atoms with Gasteiger partial charge in [-0.2, -0.15) is 4.98 Å². The van der Waals surface area contributed by atoms with E-state index in [0.29, 0.717) is 35.4 Å². The standard InChI is InChI=1S/C13H13ClN4O2/c14-10-5-9(6-15-7-10)13(19)16-4-3-11-17-12(18-20-11)8-1-2-8/h5-8H,1-4H2,(H,16,19). The molecule has 0 bridgehead atoms. The molecular weight excluding hydrogens is 280 g/mol. The summed E-state index contributed by atoms with van der Waals surface area (Å²) in [6, 6.07) is 1.57. The van der Waals surface area contributed by atoms with Crippen LogP contribution in [0.2, 0.25) is 5.02 Å². The zero-order chi connectivity index (χ0) is 13.9. The summed E-state index contributed by atoms with van der Waals surface area (Å²) in [6.07, 6.45) is 5.74. The van der Waals surface area contributed by atoms with Crippen LogP contribution in [0.3, 0.4) is 0 Å². The lowest BCUT2D eigenvalue weighted by atomic mass is 10.2. The number of pyridine rings is 1. The van der Waals surface area contributed by atoms with Gasteiger partial charge in [0.25, 0.3) is 5.91 Å². The molecule has 2 aromatic heterocycles. The Morgan fingerprint density at radius 1 is 1.45 bits per heavy atom. The maximum Gasteiger partial charge on any atom is 0.252 e. The molecule has 6 nitrogen and oxygen atoms in total. The second-order valence-electron chi connectivity index (χ2n) is 4.72. The minimum absolute atomic E-state index is 0.220. The molecule has 0 unspecified atom stereocenters. The molecule has 0 atom stereocenters. The van der Waals surface area contributed by atoms with Crippen LogP contribution in [0.5, 0.6) is 0 Å². The van der Waals surface area contributed by atoms with Crippen molar-refractivity contribution in [3.63, 3.8) is 0 Å². The first kappa shape index (κ1) is 13.1. The Morgan fingerprint density at radius 3 is 3.05 bits per heavy atom. The van der Waals surface area contributed by atoms with Crippen molar-refractivity contribution in [3.05, 3.63) is 40.8 Å². The molecule has 0 spiro atoms. The van der Waals surface area contributed by atoms with E-state index < -0.39 is 0 Å². The topological polar surface area (TPSA) is 80.9 Å². The van der Waals surface area contributed by atoms with Crippen LogP contribution in [-0.4, -0.2) is 27.6 Å². The molecule has 1 N–H and O–H groups in total. The number of hydrogen-bond acceptors (Lipinski definition) is 5. The molecule has 2 heterocycles. The zero-order valence-corrected chi connectivity index (χ0v) is 11.4. The van der Waals surface area contributed by atoms with Crippen molar-refractivity contribution >= 4 is 17.5 Å². The number of carbonyl (C=O) groups excluding carboxylic acids is 1. The summed E-state index contributed by atoms with van der Waals surface area (Å²) >= 11 is 5.78. The van der Waals surface area contributed by atoms with E-state index in [1.807, 2.05) is 0 Å². The van der Waals surface area contributed by atoms with E-state index in [2.05, 4.69) is 20.4 Å². The van der Waals surface area contributed by atoms with Crippen molar-refractivity contribution in [1.29, 1.82) is 0 Å². The van der Waals surface area contributed by atoms with Gasteiger partial charge in [-0.25, -0.2) is 0 Å². The lowest BCUT2D eigenvalue weighted by molar-refractivity contribution is 0.0953. The molecule has 1 aliphatic rings. The first-order chi connectivity index (χ1) is 9.72. The molecular formula is C13H13ClN4O2. The van der Waals surface area contributed by atoms with Gasteiger partial charge in [-0.05, 0) is 18.9 Å². The minimum Gasteiger partial charge on any atom is -0.351 e. The van der Waals surface area contributed by atoms with E-state index in [1.54, 1.807) is 6.07 Å². The largest absolute Gasteiger partial charge is 0.351 e. The molecule has 1 amide bonds. The van der Waals surface area contributed by atoms with E-state index in [-0.39, 0.29) is 5.91 Å². The van der Waals surface area contributed by atoms with E-state index in [9.17, 15) is 4.79 Å². The SMILES string of the molecule is O=C(NCCc1nc(C2CC2)no1)c1cncc(Cl)c1. The third kappa shape index (κ3) is 3.14. The maximum absolute atomic E-state index is 11.8. The fourth-order valence-corrected chi connectivity index (χ4v) is 1.97. The smallest absolute Gasteiger partial charge is 0.252 e. The van der Waals surface area contributed by atoms with Gasteiger partial charge in [0, 0.05) is 31.3 Å². The Hall–Kier alpha value is -1.95. The molecule has 3 rings (SSSR count). The molecule has 104 valence electrons. The Morgan fingerprint density at radius 2 is 2.30 bits per heavy atom. The van der Waals surface area contributed by atoms with Gasteiger partial charge < -0.3 is 9.84 Å². The summed E-state index contributed by atoms with van der Waals surface area (Å²) in [6.45, 7) is 0.428. The van der Waals surface area contributed by atoms with E-state index >= 15 is 0 Å². The summed E-state index contributed by atoms with van der Waals surface area (Å²) in [7, 11) is 0. The van der Waals surface area contributed by atoms with Crippen molar-refractivity contribution in [2.75, 3.05) is 6.54 Å². The van der Waals surface area contributed by atoms with Gasteiger partial charge in [-0.1, -0.05) is 16.8 Å². The highest BCUT2D eigenvalue weighted by Crippen LogP contribution is 2.38. The zero-order valence-electron chi connectivity index (χ0n) is 10.7.